The van der Waals surface area contributed by atoms with Crippen molar-refractivity contribution < 1.29 is 9.84 Å². The summed E-state index contributed by atoms with van der Waals surface area (Å²) in [5.41, 5.74) is 3.67. The van der Waals surface area contributed by atoms with Gasteiger partial charge in [0.25, 0.3) is 0 Å². The molecule has 0 amide bonds. The highest BCUT2D eigenvalue weighted by atomic mass is 32.1. The van der Waals surface area contributed by atoms with Crippen LogP contribution in [0.2, 0.25) is 0 Å². The van der Waals surface area contributed by atoms with Crippen LogP contribution in [-0.4, -0.2) is 5.11 Å². The first-order valence-electron chi connectivity index (χ1n) is 9.79. The molecule has 0 atom stereocenters. The Labute approximate surface area is 175 Å². The molecule has 29 heavy (non-hydrogen) atoms. The van der Waals surface area contributed by atoms with Gasteiger partial charge in [-0.1, -0.05) is 56.3 Å². The van der Waals surface area contributed by atoms with Crippen LogP contribution < -0.4 is 4.74 Å². The number of ether oxygens (including phenoxy) is 1. The van der Waals surface area contributed by atoms with Gasteiger partial charge in [-0.25, -0.2) is 0 Å². The highest BCUT2D eigenvalue weighted by molar-refractivity contribution is 7.22. The van der Waals surface area contributed by atoms with Gasteiger partial charge in [-0.05, 0) is 59.4 Å². The lowest BCUT2D eigenvalue weighted by molar-refractivity contribution is 0.476. The van der Waals surface area contributed by atoms with E-state index < -0.39 is 0 Å². The fourth-order valence-electron chi connectivity index (χ4n) is 3.53. The molecule has 0 saturated carbocycles. The van der Waals surface area contributed by atoms with Crippen molar-refractivity contribution in [1.29, 1.82) is 0 Å². The number of hydrogen-bond donors (Lipinski definition) is 1. The van der Waals surface area contributed by atoms with Crippen molar-refractivity contribution in [3.05, 3.63) is 90.5 Å². The zero-order valence-electron chi connectivity index (χ0n) is 16.7. The SMILES string of the molecule is C=CCc1ccc(Oc2c(-c3ccccc3C(C)C)sc3cc(O)ccc23)cc1. The molecule has 0 unspecified atom stereocenters. The van der Waals surface area contributed by atoms with E-state index in [2.05, 4.69) is 56.8 Å². The normalized spacial score (nSPS) is 11.1. The first-order chi connectivity index (χ1) is 14.1. The number of rotatable bonds is 6. The van der Waals surface area contributed by atoms with Gasteiger partial charge in [-0.15, -0.1) is 17.9 Å². The maximum atomic E-state index is 9.97. The average Bonchev–Trinajstić information content (AvgIpc) is 3.07. The minimum absolute atomic E-state index is 0.266. The minimum Gasteiger partial charge on any atom is -0.508 e. The highest BCUT2D eigenvalue weighted by Gasteiger charge is 2.19. The Bertz CT molecular complexity index is 1150. The molecule has 0 aliphatic carbocycles. The van der Waals surface area contributed by atoms with Crippen molar-refractivity contribution in [2.75, 3.05) is 0 Å². The summed E-state index contributed by atoms with van der Waals surface area (Å²) >= 11 is 1.65. The number of phenolic OH excluding ortho intramolecular Hbond substituents is 1. The molecular formula is C26H24O2S. The van der Waals surface area contributed by atoms with Crippen molar-refractivity contribution in [2.45, 2.75) is 26.2 Å². The van der Waals surface area contributed by atoms with E-state index in [1.165, 1.54) is 16.7 Å². The average molecular weight is 401 g/mol. The van der Waals surface area contributed by atoms with Crippen LogP contribution in [0.4, 0.5) is 0 Å². The van der Waals surface area contributed by atoms with Crippen LogP contribution in [0.3, 0.4) is 0 Å². The zero-order chi connectivity index (χ0) is 20.4. The number of hydrogen-bond acceptors (Lipinski definition) is 3. The molecule has 146 valence electrons. The molecule has 0 radical (unpaired) electrons. The summed E-state index contributed by atoms with van der Waals surface area (Å²) in [6, 6.07) is 22.1. The highest BCUT2D eigenvalue weighted by Crippen LogP contribution is 2.48. The number of phenols is 1. The largest absolute Gasteiger partial charge is 0.508 e. The molecule has 4 aromatic rings. The number of benzene rings is 3. The summed E-state index contributed by atoms with van der Waals surface area (Å²) in [4.78, 5) is 1.09. The smallest absolute Gasteiger partial charge is 0.153 e. The second kappa shape index (κ2) is 8.14. The van der Waals surface area contributed by atoms with Crippen LogP contribution in [0.5, 0.6) is 17.2 Å². The van der Waals surface area contributed by atoms with Gasteiger partial charge in [0.05, 0.1) is 4.88 Å². The van der Waals surface area contributed by atoms with E-state index >= 15 is 0 Å². The molecule has 0 aliphatic rings. The quantitative estimate of drug-likeness (QED) is 0.333. The molecule has 3 aromatic carbocycles. The van der Waals surface area contributed by atoms with Gasteiger partial charge < -0.3 is 9.84 Å². The van der Waals surface area contributed by atoms with Crippen LogP contribution in [0.1, 0.15) is 30.9 Å². The van der Waals surface area contributed by atoms with Crippen molar-refractivity contribution in [3.63, 3.8) is 0 Å². The number of thiophene rings is 1. The molecule has 0 bridgehead atoms. The summed E-state index contributed by atoms with van der Waals surface area (Å²) in [6.07, 6.45) is 2.74. The standard InChI is InChI=1S/C26H24O2S/c1-4-7-18-10-13-20(14-11-18)28-25-23-15-12-19(27)16-24(23)29-26(25)22-9-6-5-8-21(22)17(2)3/h4-6,8-17,27H,1,7H2,2-3H3. The van der Waals surface area contributed by atoms with E-state index in [9.17, 15) is 5.11 Å². The molecule has 0 fully saturated rings. The van der Waals surface area contributed by atoms with Crippen molar-refractivity contribution >= 4 is 21.4 Å². The molecule has 3 heteroatoms. The Hall–Kier alpha value is -3.04. The number of allylic oxidation sites excluding steroid dienone is 1. The van der Waals surface area contributed by atoms with Crippen LogP contribution in [-0.2, 0) is 6.42 Å². The van der Waals surface area contributed by atoms with Crippen LogP contribution in [0.15, 0.2) is 79.4 Å². The summed E-state index contributed by atoms with van der Waals surface area (Å²) < 4.78 is 7.44. The third kappa shape index (κ3) is 3.92. The predicted molar refractivity (Wildman–Crippen MR) is 123 cm³/mol. The molecule has 4 rings (SSSR count). The van der Waals surface area contributed by atoms with Gasteiger partial charge in [0.1, 0.15) is 11.5 Å². The maximum absolute atomic E-state index is 9.97. The fourth-order valence-corrected chi connectivity index (χ4v) is 4.74. The van der Waals surface area contributed by atoms with E-state index in [0.29, 0.717) is 5.92 Å². The van der Waals surface area contributed by atoms with Crippen molar-refractivity contribution in [3.8, 4) is 27.7 Å². The van der Waals surface area contributed by atoms with E-state index in [1.807, 2.05) is 30.3 Å². The molecule has 1 aromatic heterocycles. The van der Waals surface area contributed by atoms with Gasteiger partial charge in [-0.3, -0.25) is 0 Å². The number of fused-ring (bicyclic) bond motifs is 1. The van der Waals surface area contributed by atoms with E-state index in [-0.39, 0.29) is 5.75 Å². The molecular weight excluding hydrogens is 376 g/mol. The number of aromatic hydroxyl groups is 1. The Kier molecular flexibility index (Phi) is 5.41. The fraction of sp³-hybridized carbons (Fsp3) is 0.154. The van der Waals surface area contributed by atoms with Gasteiger partial charge in [0.2, 0.25) is 0 Å². The van der Waals surface area contributed by atoms with Crippen LogP contribution in [0.25, 0.3) is 20.5 Å². The topological polar surface area (TPSA) is 29.5 Å². The molecule has 0 saturated heterocycles. The molecule has 1 heterocycles. The molecule has 2 nitrogen and oxygen atoms in total. The van der Waals surface area contributed by atoms with Gasteiger partial charge >= 0.3 is 0 Å². The van der Waals surface area contributed by atoms with E-state index in [1.54, 1.807) is 17.4 Å². The Morgan fingerprint density at radius 3 is 2.52 bits per heavy atom. The summed E-state index contributed by atoms with van der Waals surface area (Å²) in [6.45, 7) is 8.21. The van der Waals surface area contributed by atoms with Gasteiger partial charge in [-0.2, -0.15) is 0 Å². The molecule has 0 aliphatic heterocycles. The van der Waals surface area contributed by atoms with Gasteiger partial charge in [0, 0.05) is 10.1 Å². The summed E-state index contributed by atoms with van der Waals surface area (Å²) in [5, 5.41) is 11.0. The molecule has 1 N–H and O–H groups in total. The lowest BCUT2D eigenvalue weighted by Crippen LogP contribution is -1.92. The van der Waals surface area contributed by atoms with Crippen LogP contribution >= 0.6 is 11.3 Å². The zero-order valence-corrected chi connectivity index (χ0v) is 17.5. The summed E-state index contributed by atoms with van der Waals surface area (Å²) in [7, 11) is 0. The summed E-state index contributed by atoms with van der Waals surface area (Å²) in [5.74, 6) is 2.31. The second-order valence-electron chi connectivity index (χ2n) is 7.42. The Balaban J connectivity index is 1.86. The molecule has 0 spiro atoms. The third-order valence-electron chi connectivity index (χ3n) is 4.98. The minimum atomic E-state index is 0.266. The van der Waals surface area contributed by atoms with Gasteiger partial charge in [0.15, 0.2) is 5.75 Å². The first-order valence-corrected chi connectivity index (χ1v) is 10.6. The first kappa shape index (κ1) is 19.3. The third-order valence-corrected chi connectivity index (χ3v) is 6.15. The van der Waals surface area contributed by atoms with E-state index in [0.717, 1.165) is 32.9 Å². The second-order valence-corrected chi connectivity index (χ2v) is 8.47. The Morgan fingerprint density at radius 2 is 1.79 bits per heavy atom. The lowest BCUT2D eigenvalue weighted by Gasteiger charge is -2.14. The lowest BCUT2D eigenvalue weighted by atomic mass is 9.96. The van der Waals surface area contributed by atoms with Crippen LogP contribution in [0, 0.1) is 0 Å². The monoisotopic (exact) mass is 400 g/mol. The van der Waals surface area contributed by atoms with Crippen molar-refractivity contribution in [1.82, 2.24) is 0 Å². The van der Waals surface area contributed by atoms with E-state index in [4.69, 9.17) is 4.74 Å². The maximum Gasteiger partial charge on any atom is 0.153 e. The van der Waals surface area contributed by atoms with Crippen molar-refractivity contribution in [2.24, 2.45) is 0 Å². The predicted octanol–water partition coefficient (Wildman–Crippen LogP) is 7.92. The Morgan fingerprint density at radius 1 is 1.03 bits per heavy atom.